The zero-order chi connectivity index (χ0) is 17.9. The van der Waals surface area contributed by atoms with Gasteiger partial charge >= 0.3 is 5.97 Å². The molecule has 0 bridgehead atoms. The Morgan fingerprint density at radius 3 is 2.31 bits per heavy atom. The molecule has 0 spiro atoms. The Morgan fingerprint density at radius 1 is 0.885 bits per heavy atom. The van der Waals surface area contributed by atoms with Gasteiger partial charge in [0.1, 0.15) is 0 Å². The van der Waals surface area contributed by atoms with Crippen molar-refractivity contribution in [2.75, 3.05) is 4.90 Å². The number of carboxylic acids is 1. The van der Waals surface area contributed by atoms with Crippen molar-refractivity contribution in [2.45, 2.75) is 0 Å². The van der Waals surface area contributed by atoms with Crippen molar-refractivity contribution < 1.29 is 9.90 Å². The Balaban J connectivity index is 1.96. The molecule has 0 radical (unpaired) electrons. The Bertz CT molecular complexity index is 1050. The lowest BCUT2D eigenvalue weighted by Gasteiger charge is -2.20. The van der Waals surface area contributed by atoms with Gasteiger partial charge in [-0.2, -0.15) is 0 Å². The highest BCUT2D eigenvalue weighted by atomic mass is 16.4. The van der Waals surface area contributed by atoms with Crippen molar-refractivity contribution in [3.8, 4) is 11.3 Å². The molecule has 4 nitrogen and oxygen atoms in total. The number of rotatable bonds is 3. The average Bonchev–Trinajstić information content (AvgIpc) is 2.96. The molecule has 1 N–H and O–H groups in total. The fourth-order valence-electron chi connectivity index (χ4n) is 2.93. The maximum atomic E-state index is 11.3. The molecule has 26 heavy (non-hydrogen) atoms. The number of aromatic nitrogens is 1. The van der Waals surface area contributed by atoms with E-state index in [1.54, 1.807) is 18.2 Å². The van der Waals surface area contributed by atoms with Crippen LogP contribution in [0.2, 0.25) is 0 Å². The molecule has 3 aromatic rings. The number of carbonyl (C=O) groups is 1. The van der Waals surface area contributed by atoms with Crippen LogP contribution in [0.1, 0.15) is 10.4 Å². The summed E-state index contributed by atoms with van der Waals surface area (Å²) in [6.45, 7) is 0. The third kappa shape index (κ3) is 3.00. The van der Waals surface area contributed by atoms with Gasteiger partial charge in [-0.3, -0.25) is 0 Å². The highest BCUT2D eigenvalue weighted by Crippen LogP contribution is 2.33. The van der Waals surface area contributed by atoms with Gasteiger partial charge in [0, 0.05) is 23.3 Å². The van der Waals surface area contributed by atoms with Crippen LogP contribution in [0.15, 0.2) is 91.3 Å². The summed E-state index contributed by atoms with van der Waals surface area (Å²) in [6, 6.07) is 17.0. The summed E-state index contributed by atoms with van der Waals surface area (Å²) in [7, 11) is 0. The third-order valence-electron chi connectivity index (χ3n) is 4.19. The smallest absolute Gasteiger partial charge is 0.335 e. The average molecular weight is 340 g/mol. The van der Waals surface area contributed by atoms with Crippen molar-refractivity contribution in [1.82, 2.24) is 4.98 Å². The van der Waals surface area contributed by atoms with E-state index in [-0.39, 0.29) is 5.56 Å². The predicted octanol–water partition coefficient (Wildman–Crippen LogP) is 5.00. The lowest BCUT2D eigenvalue weighted by Crippen LogP contribution is -2.09. The van der Waals surface area contributed by atoms with Crippen molar-refractivity contribution >= 4 is 22.6 Å². The highest BCUT2D eigenvalue weighted by molar-refractivity contribution is 5.96. The number of hydrogen-bond acceptors (Lipinski definition) is 3. The number of benzene rings is 2. The molecular weight excluding hydrogens is 324 g/mol. The monoisotopic (exact) mass is 340 g/mol. The summed E-state index contributed by atoms with van der Waals surface area (Å²) in [6.07, 6.45) is 11.7. The molecule has 0 aliphatic carbocycles. The van der Waals surface area contributed by atoms with Gasteiger partial charge in [0.05, 0.1) is 22.5 Å². The number of allylic oxidation sites excluding steroid dienone is 4. The van der Waals surface area contributed by atoms with Gasteiger partial charge < -0.3 is 10.0 Å². The second-order valence-corrected chi connectivity index (χ2v) is 5.91. The maximum absolute atomic E-state index is 11.3. The zero-order valence-electron chi connectivity index (χ0n) is 13.9. The number of nitrogens with zero attached hydrogens (tertiary/aromatic N) is 2. The number of hydrogen-bond donors (Lipinski definition) is 1. The number of pyridine rings is 1. The highest BCUT2D eigenvalue weighted by Gasteiger charge is 2.14. The van der Waals surface area contributed by atoms with E-state index in [2.05, 4.69) is 0 Å². The molecule has 0 amide bonds. The molecule has 4 rings (SSSR count). The minimum atomic E-state index is -0.945. The Kier molecular flexibility index (Phi) is 4.07. The molecule has 4 heteroatoms. The van der Waals surface area contributed by atoms with E-state index in [0.717, 1.165) is 27.8 Å². The molecule has 126 valence electrons. The van der Waals surface area contributed by atoms with Gasteiger partial charge in [-0.25, -0.2) is 9.78 Å². The predicted molar refractivity (Wildman–Crippen MR) is 104 cm³/mol. The van der Waals surface area contributed by atoms with Gasteiger partial charge in [-0.05, 0) is 36.4 Å². The molecule has 0 atom stereocenters. The van der Waals surface area contributed by atoms with Crippen molar-refractivity contribution in [2.24, 2.45) is 0 Å². The first-order valence-corrected chi connectivity index (χ1v) is 8.26. The first kappa shape index (κ1) is 15.8. The molecular formula is C22H16N2O2. The Hall–Kier alpha value is -3.66. The van der Waals surface area contributed by atoms with E-state index < -0.39 is 5.97 Å². The van der Waals surface area contributed by atoms with Crippen molar-refractivity contribution in [3.63, 3.8) is 0 Å². The second kappa shape index (κ2) is 6.69. The van der Waals surface area contributed by atoms with Crippen LogP contribution in [0.5, 0.6) is 0 Å². The van der Waals surface area contributed by atoms with Crippen LogP contribution in [0.4, 0.5) is 5.69 Å². The van der Waals surface area contributed by atoms with Crippen LogP contribution in [-0.2, 0) is 0 Å². The lowest BCUT2D eigenvalue weighted by atomic mass is 10.0. The van der Waals surface area contributed by atoms with Crippen LogP contribution >= 0.6 is 0 Å². The van der Waals surface area contributed by atoms with Crippen LogP contribution in [0, 0.1) is 0 Å². The van der Waals surface area contributed by atoms with Crippen LogP contribution in [-0.4, -0.2) is 16.1 Å². The first-order chi connectivity index (χ1) is 12.7. The minimum Gasteiger partial charge on any atom is -0.478 e. The lowest BCUT2D eigenvalue weighted by molar-refractivity contribution is 0.0697. The molecule has 0 saturated heterocycles. The molecule has 0 fully saturated rings. The number of aromatic carboxylic acids is 1. The fraction of sp³-hybridized carbons (Fsp3) is 0. The van der Waals surface area contributed by atoms with E-state index >= 15 is 0 Å². The van der Waals surface area contributed by atoms with Crippen molar-refractivity contribution in [1.29, 1.82) is 0 Å². The standard InChI is InChI=1S/C22H16N2O2/c25-22(26)17-10-11-19-18(14-17)15-20(24-12-6-1-2-7-13-24)21(23-19)16-8-4-3-5-9-16/h1-15H,(H,25,26). The van der Waals surface area contributed by atoms with Crippen LogP contribution in [0.25, 0.3) is 22.2 Å². The van der Waals surface area contributed by atoms with Gasteiger partial charge in [-0.15, -0.1) is 0 Å². The molecule has 2 heterocycles. The Labute approximate surface area is 151 Å². The Morgan fingerprint density at radius 2 is 1.62 bits per heavy atom. The summed E-state index contributed by atoms with van der Waals surface area (Å²) < 4.78 is 0. The van der Waals surface area contributed by atoms with Gasteiger partial charge in [0.2, 0.25) is 0 Å². The number of anilines is 1. The first-order valence-electron chi connectivity index (χ1n) is 8.26. The zero-order valence-corrected chi connectivity index (χ0v) is 13.9. The van der Waals surface area contributed by atoms with Gasteiger partial charge in [0.25, 0.3) is 0 Å². The number of fused-ring (bicyclic) bond motifs is 1. The molecule has 1 aliphatic heterocycles. The normalized spacial score (nSPS) is 13.2. The summed E-state index contributed by atoms with van der Waals surface area (Å²) in [5.74, 6) is -0.945. The second-order valence-electron chi connectivity index (χ2n) is 5.91. The summed E-state index contributed by atoms with van der Waals surface area (Å²) >= 11 is 0. The van der Waals surface area contributed by atoms with E-state index in [4.69, 9.17) is 4.98 Å². The summed E-state index contributed by atoms with van der Waals surface area (Å²) in [4.78, 5) is 18.1. The molecule has 1 aliphatic rings. The third-order valence-corrected chi connectivity index (χ3v) is 4.19. The molecule has 0 saturated carbocycles. The van der Waals surface area contributed by atoms with E-state index in [1.807, 2.05) is 78.0 Å². The molecule has 1 aromatic heterocycles. The molecule has 2 aromatic carbocycles. The summed E-state index contributed by atoms with van der Waals surface area (Å²) in [5.41, 5.74) is 3.75. The minimum absolute atomic E-state index is 0.251. The van der Waals surface area contributed by atoms with Gasteiger partial charge in [-0.1, -0.05) is 42.5 Å². The molecule has 0 unspecified atom stereocenters. The maximum Gasteiger partial charge on any atom is 0.335 e. The quantitative estimate of drug-likeness (QED) is 0.729. The SMILES string of the molecule is O=C(O)c1ccc2nc(-c3ccccc3)c(N3C=CC=CC=C3)cc2c1. The van der Waals surface area contributed by atoms with Crippen LogP contribution in [0.3, 0.4) is 0 Å². The van der Waals surface area contributed by atoms with E-state index in [0.29, 0.717) is 0 Å². The fourth-order valence-corrected chi connectivity index (χ4v) is 2.93. The van der Waals surface area contributed by atoms with E-state index in [9.17, 15) is 9.90 Å². The summed E-state index contributed by atoms with van der Waals surface area (Å²) in [5, 5.41) is 10.1. The van der Waals surface area contributed by atoms with E-state index in [1.165, 1.54) is 0 Å². The van der Waals surface area contributed by atoms with Gasteiger partial charge in [0.15, 0.2) is 0 Å². The number of carboxylic acid groups (broad SMARTS) is 1. The topological polar surface area (TPSA) is 53.4 Å². The van der Waals surface area contributed by atoms with Crippen LogP contribution < -0.4 is 4.90 Å². The van der Waals surface area contributed by atoms with Crippen molar-refractivity contribution in [3.05, 3.63) is 96.9 Å². The largest absolute Gasteiger partial charge is 0.478 e.